The molecule has 0 aliphatic rings. The lowest BCUT2D eigenvalue weighted by atomic mass is 10.0. The summed E-state index contributed by atoms with van der Waals surface area (Å²) in [4.78, 5) is 48.1. The van der Waals surface area contributed by atoms with Gasteiger partial charge in [-0.3, -0.25) is 14.4 Å². The number of benzene rings is 1. The van der Waals surface area contributed by atoms with E-state index in [0.29, 0.717) is 5.56 Å². The Kier molecular flexibility index (Phi) is 9.86. The number of carboxylic acid groups (broad SMARTS) is 1. The maximum absolute atomic E-state index is 12.5. The molecule has 0 aromatic heterocycles. The van der Waals surface area contributed by atoms with E-state index in [2.05, 4.69) is 16.0 Å². The first-order chi connectivity index (χ1) is 14.5. The summed E-state index contributed by atoms with van der Waals surface area (Å²) in [7, 11) is 0. The highest BCUT2D eigenvalue weighted by Crippen LogP contribution is 2.11. The third-order valence-corrected chi connectivity index (χ3v) is 4.34. The van der Waals surface area contributed by atoms with Crippen molar-refractivity contribution in [3.63, 3.8) is 0 Å². The Labute approximate surface area is 178 Å². The third kappa shape index (κ3) is 8.20. The highest BCUT2D eigenvalue weighted by atomic mass is 16.4. The van der Waals surface area contributed by atoms with E-state index in [1.165, 1.54) is 38.1 Å². The van der Waals surface area contributed by atoms with Crippen LogP contribution in [0.25, 0.3) is 0 Å². The summed E-state index contributed by atoms with van der Waals surface area (Å²) in [5, 5.41) is 44.2. The van der Waals surface area contributed by atoms with Gasteiger partial charge in [0, 0.05) is 6.42 Å². The lowest BCUT2D eigenvalue weighted by Gasteiger charge is -2.25. The molecule has 1 aromatic rings. The van der Waals surface area contributed by atoms with Crippen molar-refractivity contribution in [2.75, 3.05) is 6.61 Å². The molecule has 0 aliphatic heterocycles. The van der Waals surface area contributed by atoms with Gasteiger partial charge in [0.05, 0.1) is 12.7 Å². The molecule has 172 valence electrons. The number of amides is 3. The molecule has 0 bridgehead atoms. The molecular weight excluding hydrogens is 412 g/mol. The average molecular weight is 440 g/mol. The molecule has 9 N–H and O–H groups in total. The Morgan fingerprint density at radius 2 is 1.55 bits per heavy atom. The smallest absolute Gasteiger partial charge is 0.326 e. The van der Waals surface area contributed by atoms with Crippen LogP contribution in [0.3, 0.4) is 0 Å². The summed E-state index contributed by atoms with van der Waals surface area (Å²) < 4.78 is 0. The summed E-state index contributed by atoms with van der Waals surface area (Å²) in [5.41, 5.74) is 5.88. The first-order valence-electron chi connectivity index (χ1n) is 9.42. The average Bonchev–Trinajstić information content (AvgIpc) is 2.71. The molecule has 0 radical (unpaired) electrons. The largest absolute Gasteiger partial charge is 0.508 e. The molecule has 0 fully saturated rings. The number of aliphatic carboxylic acids is 1. The highest BCUT2D eigenvalue weighted by Gasteiger charge is 2.31. The van der Waals surface area contributed by atoms with Crippen LogP contribution in [0.4, 0.5) is 0 Å². The summed E-state index contributed by atoms with van der Waals surface area (Å²) in [6.07, 6.45) is -1.48. The maximum atomic E-state index is 12.5. The van der Waals surface area contributed by atoms with E-state index in [1.54, 1.807) is 0 Å². The fourth-order valence-corrected chi connectivity index (χ4v) is 2.48. The Morgan fingerprint density at radius 3 is 2.03 bits per heavy atom. The van der Waals surface area contributed by atoms with Crippen molar-refractivity contribution in [1.29, 1.82) is 0 Å². The van der Waals surface area contributed by atoms with E-state index in [1.807, 2.05) is 0 Å². The van der Waals surface area contributed by atoms with Crippen LogP contribution in [0.15, 0.2) is 24.3 Å². The van der Waals surface area contributed by atoms with Crippen LogP contribution in [0.1, 0.15) is 19.4 Å². The van der Waals surface area contributed by atoms with Crippen molar-refractivity contribution in [2.24, 2.45) is 5.73 Å². The predicted molar refractivity (Wildman–Crippen MR) is 108 cm³/mol. The number of carboxylic acids is 1. The fraction of sp³-hybridized carbons (Fsp3) is 0.474. The van der Waals surface area contributed by atoms with Crippen LogP contribution in [-0.2, 0) is 25.6 Å². The predicted octanol–water partition coefficient (Wildman–Crippen LogP) is -2.81. The molecule has 0 spiro atoms. The van der Waals surface area contributed by atoms with Gasteiger partial charge in [-0.25, -0.2) is 4.79 Å². The van der Waals surface area contributed by atoms with Gasteiger partial charge >= 0.3 is 5.97 Å². The van der Waals surface area contributed by atoms with E-state index in [-0.39, 0.29) is 12.2 Å². The molecule has 12 nitrogen and oxygen atoms in total. The quantitative estimate of drug-likeness (QED) is 0.178. The maximum Gasteiger partial charge on any atom is 0.326 e. The molecule has 0 saturated carbocycles. The van der Waals surface area contributed by atoms with Crippen LogP contribution >= 0.6 is 0 Å². The summed E-state index contributed by atoms with van der Waals surface area (Å²) in [5.74, 6) is -3.90. The summed E-state index contributed by atoms with van der Waals surface area (Å²) in [6.45, 7) is 1.90. The zero-order valence-corrected chi connectivity index (χ0v) is 17.1. The Hall–Kier alpha value is -3.22. The van der Waals surface area contributed by atoms with E-state index >= 15 is 0 Å². The Morgan fingerprint density at radius 1 is 0.968 bits per heavy atom. The number of aliphatic hydroxyl groups is 2. The van der Waals surface area contributed by atoms with Crippen molar-refractivity contribution >= 4 is 23.7 Å². The van der Waals surface area contributed by atoms with Crippen LogP contribution in [0.5, 0.6) is 5.75 Å². The fourth-order valence-electron chi connectivity index (χ4n) is 2.48. The number of nitrogens with two attached hydrogens (primary N) is 1. The van der Waals surface area contributed by atoms with E-state index < -0.39 is 60.6 Å². The second-order valence-electron chi connectivity index (χ2n) is 7.02. The van der Waals surface area contributed by atoms with Crippen molar-refractivity contribution in [3.05, 3.63) is 29.8 Å². The molecule has 1 aromatic carbocycles. The van der Waals surface area contributed by atoms with Gasteiger partial charge in [-0.1, -0.05) is 12.1 Å². The van der Waals surface area contributed by atoms with Crippen LogP contribution in [0.2, 0.25) is 0 Å². The van der Waals surface area contributed by atoms with Crippen molar-refractivity contribution in [2.45, 2.75) is 50.5 Å². The molecule has 12 heteroatoms. The number of hydrogen-bond donors (Lipinski definition) is 8. The van der Waals surface area contributed by atoms with E-state index in [0.717, 1.165) is 0 Å². The van der Waals surface area contributed by atoms with Gasteiger partial charge in [0.1, 0.15) is 29.9 Å². The minimum atomic E-state index is -1.50. The number of nitrogens with one attached hydrogen (secondary N) is 3. The molecule has 31 heavy (non-hydrogen) atoms. The molecule has 3 amide bonds. The summed E-state index contributed by atoms with van der Waals surface area (Å²) >= 11 is 0. The topological polar surface area (TPSA) is 211 Å². The van der Waals surface area contributed by atoms with E-state index in [4.69, 9.17) is 10.8 Å². The summed E-state index contributed by atoms with van der Waals surface area (Å²) in [6, 6.07) is 0.476. The standard InChI is InChI=1S/C19H28N4O8/c1-9(21-17(28)13(20)8-24)16(27)23-15(10(2)25)18(29)22-14(19(30)31)7-11-3-5-12(26)6-4-11/h3-6,9-10,13-15,24-26H,7-8,20H2,1-2H3,(H,21,28)(H,22,29)(H,23,27)(H,30,31). The van der Waals surface area contributed by atoms with Crippen molar-refractivity contribution < 1.29 is 39.6 Å². The molecule has 1 rings (SSSR count). The van der Waals surface area contributed by atoms with Gasteiger partial charge in [-0.15, -0.1) is 0 Å². The third-order valence-electron chi connectivity index (χ3n) is 4.34. The van der Waals surface area contributed by atoms with Crippen LogP contribution < -0.4 is 21.7 Å². The monoisotopic (exact) mass is 440 g/mol. The van der Waals surface area contributed by atoms with Gasteiger partial charge in [-0.05, 0) is 31.5 Å². The van der Waals surface area contributed by atoms with Gasteiger partial charge in [0.15, 0.2) is 0 Å². The van der Waals surface area contributed by atoms with Crippen LogP contribution in [0, 0.1) is 0 Å². The lowest BCUT2D eigenvalue weighted by Crippen LogP contribution is -2.59. The van der Waals surface area contributed by atoms with Gasteiger partial charge < -0.3 is 42.1 Å². The first-order valence-corrected chi connectivity index (χ1v) is 9.42. The number of rotatable bonds is 11. The molecule has 0 aliphatic carbocycles. The van der Waals surface area contributed by atoms with E-state index in [9.17, 15) is 34.5 Å². The lowest BCUT2D eigenvalue weighted by molar-refractivity contribution is -0.143. The highest BCUT2D eigenvalue weighted by molar-refractivity contribution is 5.94. The second-order valence-corrected chi connectivity index (χ2v) is 7.02. The number of carbonyl (C=O) groups is 4. The SMILES string of the molecule is CC(NC(=O)C(N)CO)C(=O)NC(C(=O)NC(Cc1ccc(O)cc1)C(=O)O)C(C)O. The van der Waals surface area contributed by atoms with Gasteiger partial charge in [-0.2, -0.15) is 0 Å². The number of phenols is 1. The molecule has 5 atom stereocenters. The molecule has 0 saturated heterocycles. The number of aromatic hydroxyl groups is 1. The number of aliphatic hydroxyl groups excluding tert-OH is 2. The number of carbonyl (C=O) groups excluding carboxylic acids is 3. The van der Waals surface area contributed by atoms with Crippen molar-refractivity contribution in [1.82, 2.24) is 16.0 Å². The van der Waals surface area contributed by atoms with Crippen molar-refractivity contribution in [3.8, 4) is 5.75 Å². The Balaban J connectivity index is 2.82. The molecule has 5 unspecified atom stereocenters. The number of phenolic OH excluding ortho intramolecular Hbond substituents is 1. The zero-order chi connectivity index (χ0) is 23.7. The normalized spacial score (nSPS) is 15.6. The van der Waals surface area contributed by atoms with Gasteiger partial charge in [0.2, 0.25) is 17.7 Å². The van der Waals surface area contributed by atoms with Crippen LogP contribution in [-0.4, -0.2) is 81.0 Å². The number of hydrogen-bond acceptors (Lipinski definition) is 8. The second kappa shape index (κ2) is 11.8. The molecular formula is C19H28N4O8. The minimum absolute atomic E-state index is 0.00213. The Bertz CT molecular complexity index is 784. The molecule has 0 heterocycles. The van der Waals surface area contributed by atoms with Gasteiger partial charge in [0.25, 0.3) is 0 Å². The first kappa shape index (κ1) is 25.8. The minimum Gasteiger partial charge on any atom is -0.508 e. The zero-order valence-electron chi connectivity index (χ0n) is 17.1.